The Morgan fingerprint density at radius 1 is 1.02 bits per heavy atom. The Bertz CT molecular complexity index is 1650. The lowest BCUT2D eigenvalue weighted by atomic mass is 9.95. The van der Waals surface area contributed by atoms with Crippen LogP contribution in [-0.4, -0.2) is 87.3 Å². The van der Waals surface area contributed by atoms with Gasteiger partial charge in [0.05, 0.1) is 33.1 Å². The largest absolute Gasteiger partial charge is 0.493 e. The number of amides is 2. The highest BCUT2D eigenvalue weighted by molar-refractivity contribution is 7.98. The van der Waals surface area contributed by atoms with Gasteiger partial charge in [0, 0.05) is 44.9 Å². The standard InChI is InChI=1S/C35H43N5O6S/c1-22(41)37-26-11-9-23-20-30(44-2)33(45-3)34(46-4)32(23)24-10-12-27(29(42)21-25(24)26)38-28(13-19-47-5)35(43)40-17-15-39(16-18-40)31-8-6-7-14-36-31/h6-8,10,12,14,20-21,26,28H,9,11,13,15-19H2,1-5H3,(H,37,41)(H,38,42). The molecule has 0 radical (unpaired) electrons. The van der Waals surface area contributed by atoms with E-state index >= 15 is 0 Å². The first-order chi connectivity index (χ1) is 22.8. The molecule has 1 aromatic heterocycles. The number of thioether (sulfide) groups is 1. The molecular formula is C35H43N5O6S. The molecule has 12 heteroatoms. The van der Waals surface area contributed by atoms with Crippen molar-refractivity contribution in [3.8, 4) is 28.4 Å². The molecule has 250 valence electrons. The van der Waals surface area contributed by atoms with Crippen LogP contribution in [0.15, 0.2) is 53.5 Å². The number of hydrogen-bond donors (Lipinski definition) is 2. The van der Waals surface area contributed by atoms with E-state index in [4.69, 9.17) is 14.2 Å². The smallest absolute Gasteiger partial charge is 0.245 e. The van der Waals surface area contributed by atoms with E-state index in [0.717, 1.165) is 28.3 Å². The number of aryl methyl sites for hydroxylation is 1. The van der Waals surface area contributed by atoms with Crippen molar-refractivity contribution in [1.29, 1.82) is 0 Å². The SMILES string of the molecule is COc1cc2c(c(OC)c1OC)-c1ccc(NC(CCSC)C(=O)N3CCN(c4ccccn4)CC3)c(=O)cc1C(NC(C)=O)CC2. The molecular weight excluding hydrogens is 618 g/mol. The van der Waals surface area contributed by atoms with Crippen LogP contribution >= 0.6 is 11.8 Å². The van der Waals surface area contributed by atoms with Crippen LogP contribution in [-0.2, 0) is 16.0 Å². The van der Waals surface area contributed by atoms with E-state index in [1.807, 2.05) is 41.5 Å². The maximum atomic E-state index is 13.9. The average Bonchev–Trinajstić information content (AvgIpc) is 3.33. The Kier molecular flexibility index (Phi) is 11.1. The number of rotatable bonds is 11. The molecule has 0 bridgehead atoms. The Labute approximate surface area is 280 Å². The van der Waals surface area contributed by atoms with Gasteiger partial charge in [-0.05, 0) is 78.3 Å². The summed E-state index contributed by atoms with van der Waals surface area (Å²) in [5, 5.41) is 6.36. The maximum absolute atomic E-state index is 13.9. The number of nitrogens with one attached hydrogen (secondary N) is 2. The molecule has 2 heterocycles. The van der Waals surface area contributed by atoms with Crippen LogP contribution in [0.4, 0.5) is 11.5 Å². The zero-order valence-corrected chi connectivity index (χ0v) is 28.4. The van der Waals surface area contributed by atoms with E-state index in [1.165, 1.54) is 6.92 Å². The van der Waals surface area contributed by atoms with Crippen molar-refractivity contribution in [2.75, 3.05) is 69.7 Å². The summed E-state index contributed by atoms with van der Waals surface area (Å²) >= 11 is 1.65. The number of carbonyl (C=O) groups is 2. The summed E-state index contributed by atoms with van der Waals surface area (Å²) in [5.74, 6) is 2.87. The molecule has 1 aliphatic heterocycles. The van der Waals surface area contributed by atoms with Crippen molar-refractivity contribution in [3.05, 3.63) is 70.0 Å². The third-order valence-corrected chi connectivity index (χ3v) is 9.36. The summed E-state index contributed by atoms with van der Waals surface area (Å²) in [6.45, 7) is 3.95. The van der Waals surface area contributed by atoms with Gasteiger partial charge in [-0.1, -0.05) is 12.1 Å². The quantitative estimate of drug-likeness (QED) is 0.310. The van der Waals surface area contributed by atoms with Gasteiger partial charge in [-0.3, -0.25) is 14.4 Å². The molecule has 3 aromatic rings. The summed E-state index contributed by atoms with van der Waals surface area (Å²) in [6, 6.07) is 11.9. The molecule has 0 spiro atoms. The Morgan fingerprint density at radius 3 is 2.43 bits per heavy atom. The molecule has 47 heavy (non-hydrogen) atoms. The van der Waals surface area contributed by atoms with Crippen LogP contribution in [0, 0.1) is 0 Å². The number of benzene rings is 1. The number of ether oxygens (including phenoxy) is 3. The van der Waals surface area contributed by atoms with Crippen molar-refractivity contribution < 1.29 is 23.8 Å². The maximum Gasteiger partial charge on any atom is 0.245 e. The minimum atomic E-state index is -0.587. The second-order valence-corrected chi connectivity index (χ2v) is 12.6. The molecule has 2 N–H and O–H groups in total. The van der Waals surface area contributed by atoms with Crippen LogP contribution in [0.25, 0.3) is 11.1 Å². The minimum Gasteiger partial charge on any atom is -0.493 e. The minimum absolute atomic E-state index is 0.0350. The van der Waals surface area contributed by atoms with Crippen molar-refractivity contribution in [1.82, 2.24) is 15.2 Å². The van der Waals surface area contributed by atoms with Crippen LogP contribution in [0.3, 0.4) is 0 Å². The van der Waals surface area contributed by atoms with E-state index in [1.54, 1.807) is 51.4 Å². The van der Waals surface area contributed by atoms with Gasteiger partial charge in [0.2, 0.25) is 23.0 Å². The first kappa shape index (κ1) is 33.9. The van der Waals surface area contributed by atoms with E-state index in [0.29, 0.717) is 73.9 Å². The summed E-state index contributed by atoms with van der Waals surface area (Å²) in [7, 11) is 4.70. The van der Waals surface area contributed by atoms with Gasteiger partial charge in [0.25, 0.3) is 0 Å². The van der Waals surface area contributed by atoms with Crippen LogP contribution in [0.5, 0.6) is 17.2 Å². The lowest BCUT2D eigenvalue weighted by Gasteiger charge is -2.37. The number of pyridine rings is 1. The topological polar surface area (TPSA) is 122 Å². The Balaban J connectivity index is 1.51. The van der Waals surface area contributed by atoms with Gasteiger partial charge in [-0.25, -0.2) is 4.98 Å². The lowest BCUT2D eigenvalue weighted by Crippen LogP contribution is -2.53. The predicted octanol–water partition coefficient (Wildman–Crippen LogP) is 4.14. The number of hydrogen-bond acceptors (Lipinski definition) is 10. The van der Waals surface area contributed by atoms with Gasteiger partial charge in [0.1, 0.15) is 11.9 Å². The summed E-state index contributed by atoms with van der Waals surface area (Å²) in [4.78, 5) is 48.7. The Hall–Kier alpha value is -4.45. The molecule has 2 atom stereocenters. The first-order valence-electron chi connectivity index (χ1n) is 15.8. The second-order valence-electron chi connectivity index (χ2n) is 11.6. The molecule has 5 rings (SSSR count). The highest BCUT2D eigenvalue weighted by atomic mass is 32.2. The van der Waals surface area contributed by atoms with E-state index in [2.05, 4.69) is 20.5 Å². The van der Waals surface area contributed by atoms with Gasteiger partial charge in [-0.2, -0.15) is 11.8 Å². The van der Waals surface area contributed by atoms with Crippen LogP contribution < -0.4 is 35.2 Å². The van der Waals surface area contributed by atoms with Crippen molar-refractivity contribution in [3.63, 3.8) is 0 Å². The highest BCUT2D eigenvalue weighted by Crippen LogP contribution is 2.50. The number of nitrogens with zero attached hydrogens (tertiary/aromatic N) is 3. The number of aromatic nitrogens is 1. The monoisotopic (exact) mass is 661 g/mol. The summed E-state index contributed by atoms with van der Waals surface area (Å²) in [5.41, 5.74) is 3.16. The molecule has 11 nitrogen and oxygen atoms in total. The molecule has 1 saturated heterocycles. The molecule has 2 unspecified atom stereocenters. The van der Waals surface area contributed by atoms with Gasteiger partial charge in [0.15, 0.2) is 11.5 Å². The predicted molar refractivity (Wildman–Crippen MR) is 186 cm³/mol. The summed E-state index contributed by atoms with van der Waals surface area (Å²) in [6.07, 6.45) is 5.50. The van der Waals surface area contributed by atoms with Gasteiger partial charge >= 0.3 is 0 Å². The van der Waals surface area contributed by atoms with Crippen molar-refractivity contribution in [2.24, 2.45) is 0 Å². The fourth-order valence-corrected chi connectivity index (χ4v) is 6.90. The molecule has 2 aromatic carbocycles. The number of carbonyl (C=O) groups excluding carboxylic acids is 2. The van der Waals surface area contributed by atoms with Crippen LogP contribution in [0.2, 0.25) is 0 Å². The molecule has 2 aliphatic rings. The molecule has 0 saturated carbocycles. The molecule has 1 aliphatic carbocycles. The lowest BCUT2D eigenvalue weighted by molar-refractivity contribution is -0.132. The van der Waals surface area contributed by atoms with Crippen molar-refractivity contribution in [2.45, 2.75) is 38.3 Å². The van der Waals surface area contributed by atoms with Gasteiger partial charge < -0.3 is 34.6 Å². The number of piperazine rings is 1. The average molecular weight is 662 g/mol. The highest BCUT2D eigenvalue weighted by Gasteiger charge is 2.31. The number of methoxy groups -OCH3 is 3. The molecule has 1 fully saturated rings. The normalized spacial score (nSPS) is 16.2. The molecule has 2 amide bonds. The number of fused-ring (bicyclic) bond motifs is 3. The second kappa shape index (κ2) is 15.4. The first-order valence-corrected chi connectivity index (χ1v) is 17.2. The van der Waals surface area contributed by atoms with E-state index in [-0.39, 0.29) is 17.2 Å². The Morgan fingerprint density at radius 2 is 1.79 bits per heavy atom. The third-order valence-electron chi connectivity index (χ3n) is 8.72. The van der Waals surface area contributed by atoms with E-state index < -0.39 is 12.1 Å². The fraction of sp³-hybridized carbons (Fsp3) is 0.429. The van der Waals surface area contributed by atoms with Gasteiger partial charge in [-0.15, -0.1) is 0 Å². The third kappa shape index (κ3) is 7.43. The van der Waals surface area contributed by atoms with Crippen molar-refractivity contribution >= 4 is 35.1 Å². The number of anilines is 2. The van der Waals surface area contributed by atoms with Crippen LogP contribution in [0.1, 0.15) is 36.9 Å². The summed E-state index contributed by atoms with van der Waals surface area (Å²) < 4.78 is 17.2. The zero-order valence-electron chi connectivity index (χ0n) is 27.6. The fourth-order valence-electron chi connectivity index (χ4n) is 6.42. The zero-order chi connectivity index (χ0) is 33.5. The van der Waals surface area contributed by atoms with E-state index in [9.17, 15) is 14.4 Å².